The van der Waals surface area contributed by atoms with E-state index in [4.69, 9.17) is 9.47 Å². The number of allylic oxidation sites excluding steroid dienone is 2. The molecule has 1 aliphatic heterocycles. The van der Waals surface area contributed by atoms with Gasteiger partial charge in [0.25, 0.3) is 5.91 Å². The Kier molecular flexibility index (Phi) is 3.21. The fourth-order valence-electron chi connectivity index (χ4n) is 3.85. The SMILES string of the molecule is C/C(NNC(=O)c1ccc2c(c1)OCO2)=C1/C[C@@H]2CC[C@H]1C2. The van der Waals surface area contributed by atoms with Gasteiger partial charge in [-0.2, -0.15) is 0 Å². The first-order valence-electron chi connectivity index (χ1n) is 7.86. The molecule has 2 atom stereocenters. The molecule has 5 heteroatoms. The number of ether oxygens (including phenoxy) is 2. The van der Waals surface area contributed by atoms with Crippen molar-refractivity contribution in [1.82, 2.24) is 10.9 Å². The van der Waals surface area contributed by atoms with E-state index in [1.165, 1.54) is 31.3 Å². The molecule has 22 heavy (non-hydrogen) atoms. The molecule has 0 radical (unpaired) electrons. The van der Waals surface area contributed by atoms with E-state index in [9.17, 15) is 4.79 Å². The van der Waals surface area contributed by atoms with Crippen LogP contribution in [0, 0.1) is 11.8 Å². The zero-order chi connectivity index (χ0) is 15.1. The van der Waals surface area contributed by atoms with Gasteiger partial charge in [-0.3, -0.25) is 10.2 Å². The number of fused-ring (bicyclic) bond motifs is 3. The van der Waals surface area contributed by atoms with Gasteiger partial charge in [0.05, 0.1) is 0 Å². The number of amides is 1. The van der Waals surface area contributed by atoms with Crippen LogP contribution in [0.4, 0.5) is 0 Å². The number of hydrogen-bond donors (Lipinski definition) is 2. The number of hydrazine groups is 1. The highest BCUT2D eigenvalue weighted by molar-refractivity contribution is 5.94. The molecule has 2 fully saturated rings. The molecule has 2 aliphatic carbocycles. The third-order valence-electron chi connectivity index (χ3n) is 5.02. The first kappa shape index (κ1) is 13.5. The molecule has 4 rings (SSSR count). The number of rotatable bonds is 3. The first-order chi connectivity index (χ1) is 10.7. The van der Waals surface area contributed by atoms with Crippen LogP contribution in [-0.2, 0) is 0 Å². The number of carbonyl (C=O) groups excluding carboxylic acids is 1. The Labute approximate surface area is 129 Å². The van der Waals surface area contributed by atoms with Crippen LogP contribution < -0.4 is 20.3 Å². The van der Waals surface area contributed by atoms with Crippen molar-refractivity contribution in [3.8, 4) is 11.5 Å². The summed E-state index contributed by atoms with van der Waals surface area (Å²) in [4.78, 5) is 12.2. The summed E-state index contributed by atoms with van der Waals surface area (Å²) in [5.41, 5.74) is 9.01. The third-order valence-corrected chi connectivity index (χ3v) is 5.02. The smallest absolute Gasteiger partial charge is 0.269 e. The van der Waals surface area contributed by atoms with E-state index in [-0.39, 0.29) is 12.7 Å². The Balaban J connectivity index is 1.41. The maximum absolute atomic E-state index is 12.2. The predicted molar refractivity (Wildman–Crippen MR) is 81.3 cm³/mol. The van der Waals surface area contributed by atoms with Crippen molar-refractivity contribution in [2.45, 2.75) is 32.6 Å². The van der Waals surface area contributed by atoms with Crippen molar-refractivity contribution >= 4 is 5.91 Å². The molecule has 116 valence electrons. The summed E-state index contributed by atoms with van der Waals surface area (Å²) < 4.78 is 10.5. The lowest BCUT2D eigenvalue weighted by Crippen LogP contribution is -2.36. The highest BCUT2D eigenvalue weighted by Crippen LogP contribution is 2.48. The van der Waals surface area contributed by atoms with Gasteiger partial charge < -0.3 is 14.9 Å². The van der Waals surface area contributed by atoms with Crippen molar-refractivity contribution in [1.29, 1.82) is 0 Å². The summed E-state index contributed by atoms with van der Waals surface area (Å²) in [5.74, 6) is 2.73. The minimum atomic E-state index is -0.165. The largest absolute Gasteiger partial charge is 0.454 e. The Hall–Kier alpha value is -2.17. The van der Waals surface area contributed by atoms with Gasteiger partial charge >= 0.3 is 0 Å². The fraction of sp³-hybridized carbons (Fsp3) is 0.471. The molecule has 1 heterocycles. The lowest BCUT2D eigenvalue weighted by Gasteiger charge is -2.18. The van der Waals surface area contributed by atoms with Crippen LogP contribution in [0.1, 0.15) is 43.0 Å². The monoisotopic (exact) mass is 300 g/mol. The van der Waals surface area contributed by atoms with Gasteiger partial charge in [-0.05, 0) is 68.2 Å². The van der Waals surface area contributed by atoms with Crippen LogP contribution >= 0.6 is 0 Å². The third kappa shape index (κ3) is 2.30. The summed E-state index contributed by atoms with van der Waals surface area (Å²) >= 11 is 0. The molecule has 0 unspecified atom stereocenters. The molecule has 0 spiro atoms. The van der Waals surface area contributed by atoms with Crippen molar-refractivity contribution in [2.24, 2.45) is 11.8 Å². The number of hydrogen-bond acceptors (Lipinski definition) is 4. The van der Waals surface area contributed by atoms with Crippen LogP contribution in [0.3, 0.4) is 0 Å². The lowest BCUT2D eigenvalue weighted by molar-refractivity contribution is 0.0938. The van der Waals surface area contributed by atoms with Crippen molar-refractivity contribution in [2.75, 3.05) is 6.79 Å². The second-order valence-electron chi connectivity index (χ2n) is 6.38. The zero-order valence-electron chi connectivity index (χ0n) is 12.6. The molecule has 3 aliphatic rings. The summed E-state index contributed by atoms with van der Waals surface area (Å²) in [6, 6.07) is 5.21. The van der Waals surface area contributed by atoms with Crippen LogP contribution in [0.2, 0.25) is 0 Å². The molecule has 1 aromatic carbocycles. The molecule has 0 saturated heterocycles. The van der Waals surface area contributed by atoms with Gasteiger partial charge in [0.15, 0.2) is 11.5 Å². The predicted octanol–water partition coefficient (Wildman–Crippen LogP) is 2.74. The Morgan fingerprint density at radius 1 is 1.18 bits per heavy atom. The summed E-state index contributed by atoms with van der Waals surface area (Å²) in [7, 11) is 0. The summed E-state index contributed by atoms with van der Waals surface area (Å²) in [6.07, 6.45) is 5.17. The van der Waals surface area contributed by atoms with E-state index in [2.05, 4.69) is 17.8 Å². The zero-order valence-corrected chi connectivity index (χ0v) is 12.6. The summed E-state index contributed by atoms with van der Waals surface area (Å²) in [5, 5.41) is 0. The Bertz CT molecular complexity index is 653. The molecule has 1 amide bonds. The molecule has 2 bridgehead atoms. The van der Waals surface area contributed by atoms with Gasteiger partial charge in [0, 0.05) is 11.3 Å². The van der Waals surface area contributed by atoms with E-state index in [0.717, 1.165) is 17.5 Å². The molecule has 2 saturated carbocycles. The normalized spacial score (nSPS) is 27.0. The molecular weight excluding hydrogens is 280 g/mol. The molecule has 0 aromatic heterocycles. The van der Waals surface area contributed by atoms with Gasteiger partial charge in [0.1, 0.15) is 0 Å². The average molecular weight is 300 g/mol. The Morgan fingerprint density at radius 2 is 2.05 bits per heavy atom. The number of carbonyl (C=O) groups is 1. The number of nitrogens with one attached hydrogen (secondary N) is 2. The van der Waals surface area contributed by atoms with E-state index in [1.807, 2.05) is 0 Å². The maximum Gasteiger partial charge on any atom is 0.269 e. The number of benzene rings is 1. The maximum atomic E-state index is 12.2. The second-order valence-corrected chi connectivity index (χ2v) is 6.38. The van der Waals surface area contributed by atoms with Crippen LogP contribution in [0.15, 0.2) is 29.5 Å². The molecule has 5 nitrogen and oxygen atoms in total. The first-order valence-corrected chi connectivity index (χ1v) is 7.86. The average Bonchev–Trinajstić information content (AvgIpc) is 3.26. The van der Waals surface area contributed by atoms with E-state index in [0.29, 0.717) is 17.1 Å². The van der Waals surface area contributed by atoms with Gasteiger partial charge in [0.2, 0.25) is 6.79 Å². The van der Waals surface area contributed by atoms with E-state index < -0.39 is 0 Å². The van der Waals surface area contributed by atoms with E-state index >= 15 is 0 Å². The van der Waals surface area contributed by atoms with Crippen LogP contribution in [0.25, 0.3) is 0 Å². The van der Waals surface area contributed by atoms with Gasteiger partial charge in [-0.25, -0.2) is 0 Å². The van der Waals surface area contributed by atoms with Gasteiger partial charge in [-0.1, -0.05) is 0 Å². The highest BCUT2D eigenvalue weighted by atomic mass is 16.7. The summed E-state index contributed by atoms with van der Waals surface area (Å²) in [6.45, 7) is 2.27. The highest BCUT2D eigenvalue weighted by Gasteiger charge is 2.36. The second kappa shape index (κ2) is 5.23. The van der Waals surface area contributed by atoms with Crippen molar-refractivity contribution < 1.29 is 14.3 Å². The van der Waals surface area contributed by atoms with Crippen LogP contribution in [-0.4, -0.2) is 12.7 Å². The quantitative estimate of drug-likeness (QED) is 0.843. The van der Waals surface area contributed by atoms with Crippen molar-refractivity contribution in [3.63, 3.8) is 0 Å². The van der Waals surface area contributed by atoms with Crippen molar-refractivity contribution in [3.05, 3.63) is 35.0 Å². The fourth-order valence-corrected chi connectivity index (χ4v) is 3.85. The Morgan fingerprint density at radius 3 is 2.82 bits per heavy atom. The minimum Gasteiger partial charge on any atom is -0.454 e. The molecular formula is C17H20N2O3. The standard InChI is InChI=1S/C17H20N2O3/c1-10(14-7-11-2-3-12(14)6-11)18-19-17(20)13-4-5-15-16(8-13)22-9-21-15/h4-5,8,11-12,18H,2-3,6-7,9H2,1H3,(H,19,20)/b14-10+/t11-,12+/m1/s1. The van der Waals surface area contributed by atoms with E-state index in [1.54, 1.807) is 18.2 Å². The van der Waals surface area contributed by atoms with Gasteiger partial charge in [-0.15, -0.1) is 0 Å². The molecule has 2 N–H and O–H groups in total. The topological polar surface area (TPSA) is 59.6 Å². The van der Waals surface area contributed by atoms with Crippen LogP contribution in [0.5, 0.6) is 11.5 Å². The lowest BCUT2D eigenvalue weighted by atomic mass is 9.93. The minimum absolute atomic E-state index is 0.165. The molecule has 1 aromatic rings.